The quantitative estimate of drug-likeness (QED) is 0.807. The minimum atomic E-state index is -0.0123. The zero-order chi connectivity index (χ0) is 17.1. The molecule has 0 saturated carbocycles. The summed E-state index contributed by atoms with van der Waals surface area (Å²) in [5.74, 6) is 0. The first-order chi connectivity index (χ1) is 12.3. The van der Waals surface area contributed by atoms with Crippen LogP contribution in [0.5, 0.6) is 0 Å². The van der Waals surface area contributed by atoms with E-state index in [4.69, 9.17) is 0 Å². The van der Waals surface area contributed by atoms with Gasteiger partial charge in [-0.2, -0.15) is 0 Å². The lowest BCUT2D eigenvalue weighted by molar-refractivity contribution is 0.179. The van der Waals surface area contributed by atoms with E-state index in [1.807, 2.05) is 12.1 Å². The minimum Gasteiger partial charge on any atom is -0.338 e. The Balaban J connectivity index is 1.19. The van der Waals surface area contributed by atoms with Gasteiger partial charge in [0.15, 0.2) is 0 Å². The van der Waals surface area contributed by atoms with Crippen LogP contribution in [-0.2, 0) is 6.42 Å². The van der Waals surface area contributed by atoms with Crippen LogP contribution in [0.2, 0.25) is 0 Å². The van der Waals surface area contributed by atoms with Crippen LogP contribution in [0.1, 0.15) is 37.1 Å². The van der Waals surface area contributed by atoms with Gasteiger partial charge < -0.3 is 10.6 Å². The minimum absolute atomic E-state index is 0.0123. The van der Waals surface area contributed by atoms with E-state index in [0.29, 0.717) is 18.6 Å². The molecule has 1 aromatic carbocycles. The summed E-state index contributed by atoms with van der Waals surface area (Å²) in [4.78, 5) is 19.4. The van der Waals surface area contributed by atoms with E-state index in [0.717, 1.165) is 36.3 Å². The van der Waals surface area contributed by atoms with Crippen LogP contribution in [0.25, 0.3) is 10.2 Å². The van der Waals surface area contributed by atoms with Gasteiger partial charge in [0.1, 0.15) is 0 Å². The smallest absolute Gasteiger partial charge is 0.315 e. The number of piperidine rings is 1. The summed E-state index contributed by atoms with van der Waals surface area (Å²) in [7, 11) is 0. The summed E-state index contributed by atoms with van der Waals surface area (Å²) < 4.78 is 1.24. The maximum atomic E-state index is 12.2. The van der Waals surface area contributed by atoms with E-state index in [2.05, 4.69) is 32.7 Å². The van der Waals surface area contributed by atoms with Crippen molar-refractivity contribution in [2.75, 3.05) is 19.6 Å². The Hall–Kier alpha value is -1.66. The number of nitrogens with zero attached hydrogens (tertiary/aromatic N) is 2. The summed E-state index contributed by atoms with van der Waals surface area (Å²) in [6.45, 7) is 3.03. The predicted octanol–water partition coefficient (Wildman–Crippen LogP) is 3.15. The molecule has 2 aromatic rings. The fourth-order valence-electron chi connectivity index (χ4n) is 4.10. The van der Waals surface area contributed by atoms with Gasteiger partial charge in [-0.1, -0.05) is 18.6 Å². The molecule has 0 radical (unpaired) electrons. The first kappa shape index (κ1) is 16.8. The molecule has 2 N–H and O–H groups in total. The van der Waals surface area contributed by atoms with Crippen molar-refractivity contribution in [2.45, 2.75) is 50.6 Å². The number of aromatic nitrogens is 1. The van der Waals surface area contributed by atoms with Gasteiger partial charge in [-0.15, -0.1) is 11.3 Å². The van der Waals surface area contributed by atoms with Crippen molar-refractivity contribution < 1.29 is 4.79 Å². The molecule has 1 aromatic heterocycles. The second-order valence-corrected chi connectivity index (χ2v) is 8.19. The highest BCUT2D eigenvalue weighted by molar-refractivity contribution is 7.18. The van der Waals surface area contributed by atoms with Crippen molar-refractivity contribution in [1.29, 1.82) is 0 Å². The third-order valence-electron chi connectivity index (χ3n) is 5.36. The highest BCUT2D eigenvalue weighted by Crippen LogP contribution is 2.27. The predicted molar refractivity (Wildman–Crippen MR) is 102 cm³/mol. The SMILES string of the molecule is O=C(NCCCc1nc2ccccc2s1)NC1CCN2CCCCC12. The highest BCUT2D eigenvalue weighted by atomic mass is 32.1. The number of aryl methyl sites for hydroxylation is 1. The number of carbonyl (C=O) groups is 1. The van der Waals surface area contributed by atoms with Gasteiger partial charge in [-0.3, -0.25) is 4.90 Å². The average molecular weight is 359 g/mol. The van der Waals surface area contributed by atoms with E-state index in [-0.39, 0.29) is 6.03 Å². The fraction of sp³-hybridized carbons (Fsp3) is 0.579. The number of amides is 2. The molecule has 2 unspecified atom stereocenters. The number of thiazole rings is 1. The van der Waals surface area contributed by atoms with Gasteiger partial charge in [0.25, 0.3) is 0 Å². The van der Waals surface area contributed by atoms with Crippen molar-refractivity contribution >= 4 is 27.6 Å². The molecular weight excluding hydrogens is 332 g/mol. The highest BCUT2D eigenvalue weighted by Gasteiger charge is 2.36. The van der Waals surface area contributed by atoms with Crippen molar-refractivity contribution in [3.8, 4) is 0 Å². The molecule has 6 heteroatoms. The Morgan fingerprint density at radius 1 is 1.24 bits per heavy atom. The van der Waals surface area contributed by atoms with Gasteiger partial charge in [0.05, 0.1) is 15.2 Å². The summed E-state index contributed by atoms with van der Waals surface area (Å²) in [5.41, 5.74) is 1.08. The van der Waals surface area contributed by atoms with E-state index in [1.165, 1.54) is 30.5 Å². The Bertz CT molecular complexity index is 698. The van der Waals surface area contributed by atoms with Gasteiger partial charge >= 0.3 is 6.03 Å². The second-order valence-electron chi connectivity index (χ2n) is 7.07. The van der Waals surface area contributed by atoms with E-state index >= 15 is 0 Å². The molecule has 2 aliphatic heterocycles. The number of carbonyl (C=O) groups excluding carboxylic acids is 1. The summed E-state index contributed by atoms with van der Waals surface area (Å²) in [6.07, 6.45) is 6.75. The third-order valence-corrected chi connectivity index (χ3v) is 6.46. The number of nitrogens with one attached hydrogen (secondary N) is 2. The van der Waals surface area contributed by atoms with Crippen molar-refractivity contribution in [2.24, 2.45) is 0 Å². The topological polar surface area (TPSA) is 57.3 Å². The molecule has 0 aliphatic carbocycles. The van der Waals surface area contributed by atoms with Gasteiger partial charge in [0, 0.05) is 31.6 Å². The van der Waals surface area contributed by atoms with Gasteiger partial charge in [-0.05, 0) is 44.4 Å². The van der Waals surface area contributed by atoms with Crippen LogP contribution in [0.4, 0.5) is 4.79 Å². The molecule has 2 saturated heterocycles. The lowest BCUT2D eigenvalue weighted by Crippen LogP contribution is -2.49. The van der Waals surface area contributed by atoms with Crippen LogP contribution >= 0.6 is 11.3 Å². The van der Waals surface area contributed by atoms with Crippen LogP contribution in [-0.4, -0.2) is 47.6 Å². The first-order valence-electron chi connectivity index (χ1n) is 9.42. The molecule has 0 spiro atoms. The molecule has 2 amide bonds. The third kappa shape index (κ3) is 3.96. The van der Waals surface area contributed by atoms with E-state index in [9.17, 15) is 4.79 Å². The lowest BCUT2D eigenvalue weighted by Gasteiger charge is -2.32. The average Bonchev–Trinajstić information content (AvgIpc) is 3.23. The largest absolute Gasteiger partial charge is 0.338 e. The zero-order valence-electron chi connectivity index (χ0n) is 14.5. The number of urea groups is 1. The molecule has 2 fully saturated rings. The Morgan fingerprint density at radius 2 is 2.16 bits per heavy atom. The van der Waals surface area contributed by atoms with Gasteiger partial charge in [0.2, 0.25) is 0 Å². The zero-order valence-corrected chi connectivity index (χ0v) is 15.4. The second kappa shape index (κ2) is 7.70. The van der Waals surface area contributed by atoms with Crippen molar-refractivity contribution in [1.82, 2.24) is 20.5 Å². The summed E-state index contributed by atoms with van der Waals surface area (Å²) in [5, 5.41) is 7.36. The number of hydrogen-bond donors (Lipinski definition) is 2. The molecule has 3 heterocycles. The monoisotopic (exact) mass is 358 g/mol. The van der Waals surface area contributed by atoms with Crippen molar-refractivity contribution in [3.63, 3.8) is 0 Å². The van der Waals surface area contributed by atoms with Crippen LogP contribution in [0.3, 0.4) is 0 Å². The Kier molecular flexibility index (Phi) is 5.17. The number of fused-ring (bicyclic) bond motifs is 2. The molecule has 5 nitrogen and oxygen atoms in total. The van der Waals surface area contributed by atoms with Crippen LogP contribution in [0.15, 0.2) is 24.3 Å². The standard InChI is InChI=1S/C19H26N4OS/c24-19(22-14-10-13-23-12-4-3-7-16(14)23)20-11-5-9-18-21-15-6-1-2-8-17(15)25-18/h1-2,6,8,14,16H,3-5,7,9-13H2,(H2,20,22,24). The summed E-state index contributed by atoms with van der Waals surface area (Å²) in [6, 6.07) is 9.10. The Labute approximate surface area is 152 Å². The van der Waals surface area contributed by atoms with Crippen LogP contribution < -0.4 is 10.6 Å². The lowest BCUT2D eigenvalue weighted by atomic mass is 9.99. The van der Waals surface area contributed by atoms with E-state index < -0.39 is 0 Å². The van der Waals surface area contributed by atoms with E-state index in [1.54, 1.807) is 11.3 Å². The summed E-state index contributed by atoms with van der Waals surface area (Å²) >= 11 is 1.75. The molecular formula is C19H26N4OS. The molecule has 0 bridgehead atoms. The van der Waals surface area contributed by atoms with Crippen LogP contribution in [0, 0.1) is 0 Å². The Morgan fingerprint density at radius 3 is 3.08 bits per heavy atom. The number of hydrogen-bond acceptors (Lipinski definition) is 4. The maximum Gasteiger partial charge on any atom is 0.315 e. The number of benzene rings is 1. The molecule has 134 valence electrons. The first-order valence-corrected chi connectivity index (χ1v) is 10.2. The molecule has 2 atom stereocenters. The molecule has 25 heavy (non-hydrogen) atoms. The number of rotatable bonds is 5. The molecule has 2 aliphatic rings. The maximum absolute atomic E-state index is 12.2. The number of para-hydroxylation sites is 1. The fourth-order valence-corrected chi connectivity index (χ4v) is 5.11. The van der Waals surface area contributed by atoms with Crippen molar-refractivity contribution in [3.05, 3.63) is 29.3 Å². The normalized spacial score (nSPS) is 23.5. The molecule has 4 rings (SSSR count). The van der Waals surface area contributed by atoms with Gasteiger partial charge in [-0.25, -0.2) is 9.78 Å².